The van der Waals surface area contributed by atoms with Gasteiger partial charge in [-0.1, -0.05) is 6.92 Å². The van der Waals surface area contributed by atoms with Crippen LogP contribution in [0.4, 0.5) is 11.4 Å². The Morgan fingerprint density at radius 2 is 1.83 bits per heavy atom. The maximum Gasteiger partial charge on any atom is 0.0514 e. The van der Waals surface area contributed by atoms with Crippen molar-refractivity contribution in [2.24, 2.45) is 5.92 Å². The molecule has 0 spiro atoms. The van der Waals surface area contributed by atoms with Crippen molar-refractivity contribution in [3.05, 3.63) is 22.2 Å². The molecule has 1 saturated carbocycles. The molecule has 2 nitrogen and oxygen atoms in total. The van der Waals surface area contributed by atoms with E-state index >= 15 is 0 Å². The number of benzene rings is 1. The van der Waals surface area contributed by atoms with Crippen LogP contribution in [0.2, 0.25) is 0 Å². The van der Waals surface area contributed by atoms with Crippen LogP contribution in [0.5, 0.6) is 0 Å². The Morgan fingerprint density at radius 3 is 2.44 bits per heavy atom. The summed E-state index contributed by atoms with van der Waals surface area (Å²) in [6.07, 6.45) is 5.29. The minimum Gasteiger partial charge on any atom is -0.398 e. The van der Waals surface area contributed by atoms with Gasteiger partial charge in [-0.15, -0.1) is 0 Å². The third-order valence-corrected chi connectivity index (χ3v) is 4.88. The molecule has 0 radical (unpaired) electrons. The zero-order valence-corrected chi connectivity index (χ0v) is 13.1. The molecule has 0 atom stereocenters. The van der Waals surface area contributed by atoms with Gasteiger partial charge in [0.05, 0.1) is 5.69 Å². The van der Waals surface area contributed by atoms with E-state index in [9.17, 15) is 0 Å². The van der Waals surface area contributed by atoms with E-state index in [2.05, 4.69) is 47.8 Å². The van der Waals surface area contributed by atoms with Crippen molar-refractivity contribution in [1.82, 2.24) is 0 Å². The normalized spacial score (nSPS) is 24.0. The summed E-state index contributed by atoms with van der Waals surface area (Å²) in [6.45, 7) is 4.43. The zero-order valence-electron chi connectivity index (χ0n) is 11.5. The minimum absolute atomic E-state index is 0.667. The Labute approximate surface area is 119 Å². The van der Waals surface area contributed by atoms with Crippen LogP contribution in [0.3, 0.4) is 0 Å². The van der Waals surface area contributed by atoms with Gasteiger partial charge in [0.1, 0.15) is 0 Å². The molecule has 0 aromatic heterocycles. The van der Waals surface area contributed by atoms with Crippen molar-refractivity contribution < 1.29 is 0 Å². The summed E-state index contributed by atoms with van der Waals surface area (Å²) in [5, 5.41) is 0. The Kier molecular flexibility index (Phi) is 4.21. The van der Waals surface area contributed by atoms with E-state index in [0.29, 0.717) is 6.04 Å². The summed E-state index contributed by atoms with van der Waals surface area (Å²) in [7, 11) is 2.20. The van der Waals surface area contributed by atoms with E-state index in [1.807, 2.05) is 6.07 Å². The Balaban J connectivity index is 2.18. The highest BCUT2D eigenvalue weighted by Crippen LogP contribution is 2.35. The number of hydrogen-bond acceptors (Lipinski definition) is 2. The summed E-state index contributed by atoms with van der Waals surface area (Å²) in [6, 6.07) is 4.88. The van der Waals surface area contributed by atoms with E-state index in [4.69, 9.17) is 5.73 Å². The third-order valence-electron chi connectivity index (χ3n) is 4.25. The first-order valence-electron chi connectivity index (χ1n) is 6.77. The average Bonchev–Trinajstić information content (AvgIpc) is 2.34. The van der Waals surface area contributed by atoms with E-state index in [-0.39, 0.29) is 0 Å². The van der Waals surface area contributed by atoms with Crippen LogP contribution in [0.15, 0.2) is 16.6 Å². The van der Waals surface area contributed by atoms with Crippen molar-refractivity contribution in [3.8, 4) is 0 Å². The number of aryl methyl sites for hydroxylation is 1. The Hall–Kier alpha value is -0.700. The molecule has 0 saturated heterocycles. The molecule has 100 valence electrons. The van der Waals surface area contributed by atoms with Gasteiger partial charge in [-0.25, -0.2) is 0 Å². The Morgan fingerprint density at radius 1 is 1.22 bits per heavy atom. The molecule has 2 rings (SSSR count). The summed E-state index contributed by atoms with van der Waals surface area (Å²) < 4.78 is 1.10. The third kappa shape index (κ3) is 2.82. The molecule has 1 fully saturated rings. The van der Waals surface area contributed by atoms with Crippen LogP contribution < -0.4 is 10.6 Å². The van der Waals surface area contributed by atoms with Crippen LogP contribution in [0.25, 0.3) is 0 Å². The monoisotopic (exact) mass is 310 g/mol. The number of nitrogen functional groups attached to an aromatic ring is 1. The highest BCUT2D eigenvalue weighted by Gasteiger charge is 2.23. The molecule has 1 aliphatic rings. The fourth-order valence-electron chi connectivity index (χ4n) is 2.78. The van der Waals surface area contributed by atoms with Gasteiger partial charge in [-0.3, -0.25) is 0 Å². The van der Waals surface area contributed by atoms with Crippen molar-refractivity contribution in [3.63, 3.8) is 0 Å². The maximum atomic E-state index is 5.94. The fraction of sp³-hybridized carbons (Fsp3) is 0.600. The number of nitrogens with two attached hydrogens (primary N) is 1. The largest absolute Gasteiger partial charge is 0.398 e. The molecule has 0 bridgehead atoms. The first-order valence-corrected chi connectivity index (χ1v) is 7.56. The lowest BCUT2D eigenvalue weighted by Crippen LogP contribution is -2.35. The molecule has 0 amide bonds. The van der Waals surface area contributed by atoms with Gasteiger partial charge in [-0.2, -0.15) is 0 Å². The Bertz CT molecular complexity index is 423. The molecule has 3 heteroatoms. The molecule has 18 heavy (non-hydrogen) atoms. The van der Waals surface area contributed by atoms with Crippen LogP contribution in [0.1, 0.15) is 38.2 Å². The van der Waals surface area contributed by atoms with Gasteiger partial charge in [0, 0.05) is 23.2 Å². The topological polar surface area (TPSA) is 29.3 Å². The number of hydrogen-bond donors (Lipinski definition) is 1. The quantitative estimate of drug-likeness (QED) is 0.823. The molecule has 1 aliphatic carbocycles. The molecular formula is C15H23BrN2. The molecule has 1 aromatic rings. The molecular weight excluding hydrogens is 288 g/mol. The molecule has 1 aromatic carbocycles. The zero-order chi connectivity index (χ0) is 13.3. The highest BCUT2D eigenvalue weighted by atomic mass is 79.9. The number of anilines is 2. The second kappa shape index (κ2) is 5.52. The van der Waals surface area contributed by atoms with Crippen LogP contribution >= 0.6 is 15.9 Å². The van der Waals surface area contributed by atoms with Gasteiger partial charge in [0.2, 0.25) is 0 Å². The highest BCUT2D eigenvalue weighted by molar-refractivity contribution is 9.10. The van der Waals surface area contributed by atoms with Crippen LogP contribution in [-0.2, 0) is 0 Å². The molecule has 0 heterocycles. The molecule has 0 unspecified atom stereocenters. The van der Waals surface area contributed by atoms with Crippen molar-refractivity contribution in [1.29, 1.82) is 0 Å². The van der Waals surface area contributed by atoms with Gasteiger partial charge >= 0.3 is 0 Å². The predicted octanol–water partition coefficient (Wildman–Crippen LogP) is 4.35. The van der Waals surface area contributed by atoms with Gasteiger partial charge in [0.25, 0.3) is 0 Å². The second-order valence-corrected chi connectivity index (χ2v) is 6.54. The lowest BCUT2D eigenvalue weighted by Gasteiger charge is -2.35. The number of rotatable bonds is 2. The molecule has 2 N–H and O–H groups in total. The summed E-state index contributed by atoms with van der Waals surface area (Å²) in [5.41, 5.74) is 9.22. The number of halogens is 1. The van der Waals surface area contributed by atoms with Crippen LogP contribution in [0, 0.1) is 12.8 Å². The number of nitrogens with zero attached hydrogens (tertiary/aromatic N) is 1. The van der Waals surface area contributed by atoms with Crippen molar-refractivity contribution >= 4 is 27.3 Å². The SMILES string of the molecule is Cc1cc(N(C)C2CCC(C)CC2)c(Br)cc1N. The van der Waals surface area contributed by atoms with E-state index in [1.54, 1.807) is 0 Å². The second-order valence-electron chi connectivity index (χ2n) is 5.68. The standard InChI is InChI=1S/C15H23BrN2/c1-10-4-6-12(7-5-10)18(3)15-8-11(2)14(17)9-13(15)16/h8-10,12H,4-7,17H2,1-3H3. The lowest BCUT2D eigenvalue weighted by molar-refractivity contribution is 0.340. The van der Waals surface area contributed by atoms with Gasteiger partial charge < -0.3 is 10.6 Å². The smallest absolute Gasteiger partial charge is 0.0514 e. The lowest BCUT2D eigenvalue weighted by atomic mass is 9.86. The van der Waals surface area contributed by atoms with E-state index in [1.165, 1.54) is 31.4 Å². The summed E-state index contributed by atoms with van der Waals surface area (Å²) in [4.78, 5) is 2.42. The van der Waals surface area contributed by atoms with Crippen LogP contribution in [-0.4, -0.2) is 13.1 Å². The summed E-state index contributed by atoms with van der Waals surface area (Å²) in [5.74, 6) is 0.895. The average molecular weight is 311 g/mol. The summed E-state index contributed by atoms with van der Waals surface area (Å²) >= 11 is 3.64. The maximum absolute atomic E-state index is 5.94. The predicted molar refractivity (Wildman–Crippen MR) is 83.1 cm³/mol. The first kappa shape index (κ1) is 13.7. The molecule has 0 aliphatic heterocycles. The van der Waals surface area contributed by atoms with Gasteiger partial charge in [0.15, 0.2) is 0 Å². The van der Waals surface area contributed by atoms with E-state index in [0.717, 1.165) is 21.6 Å². The van der Waals surface area contributed by atoms with Crippen molar-refractivity contribution in [2.45, 2.75) is 45.6 Å². The van der Waals surface area contributed by atoms with E-state index < -0.39 is 0 Å². The van der Waals surface area contributed by atoms with Crippen molar-refractivity contribution in [2.75, 3.05) is 17.7 Å². The minimum atomic E-state index is 0.667. The van der Waals surface area contributed by atoms with Gasteiger partial charge in [-0.05, 0) is 72.2 Å². The fourth-order valence-corrected chi connectivity index (χ4v) is 3.42. The first-order chi connectivity index (χ1) is 8.49.